The molecule has 3 nitrogen and oxygen atoms in total. The number of hydrogen-bond donors (Lipinski definition) is 1. The Labute approximate surface area is 99.4 Å². The van der Waals surface area contributed by atoms with Gasteiger partial charge in [-0.25, -0.2) is 4.98 Å². The van der Waals surface area contributed by atoms with Crippen LogP contribution in [0.25, 0.3) is 0 Å². The summed E-state index contributed by atoms with van der Waals surface area (Å²) in [6.07, 6.45) is 6.15. The minimum atomic E-state index is 0.0613. The van der Waals surface area contributed by atoms with Crippen LogP contribution in [0.4, 0.5) is 5.13 Å². The lowest BCUT2D eigenvalue weighted by molar-refractivity contribution is 0.353. The molecule has 1 aliphatic carbocycles. The van der Waals surface area contributed by atoms with E-state index >= 15 is 0 Å². The molecule has 0 aliphatic heterocycles. The van der Waals surface area contributed by atoms with Crippen molar-refractivity contribution >= 4 is 28.3 Å². The molecule has 0 bridgehead atoms. The van der Waals surface area contributed by atoms with Crippen molar-refractivity contribution < 1.29 is 0 Å². The van der Waals surface area contributed by atoms with Crippen molar-refractivity contribution in [3.8, 4) is 0 Å². The minimum Gasteiger partial charge on any atom is -0.354 e. The smallest absolute Gasteiger partial charge is 0.203 e. The van der Waals surface area contributed by atoms with Gasteiger partial charge in [0, 0.05) is 17.4 Å². The molecule has 0 radical (unpaired) electrons. The molecule has 1 N–H and O–H groups in total. The van der Waals surface area contributed by atoms with Gasteiger partial charge < -0.3 is 5.32 Å². The fourth-order valence-corrected chi connectivity index (χ4v) is 3.12. The van der Waals surface area contributed by atoms with Crippen LogP contribution in [-0.4, -0.2) is 20.8 Å². The maximum absolute atomic E-state index is 6.09. The molecule has 5 heteroatoms. The first kappa shape index (κ1) is 11.1. The van der Waals surface area contributed by atoms with Crippen molar-refractivity contribution in [2.24, 2.45) is 0 Å². The predicted octanol–water partition coefficient (Wildman–Crippen LogP) is 3.20. The Kier molecular flexibility index (Phi) is 3.46. The molecule has 1 fully saturated rings. The Bertz CT molecular complexity index is 320. The highest BCUT2D eigenvalue weighted by Crippen LogP contribution is 2.33. The maximum Gasteiger partial charge on any atom is 0.203 e. The van der Waals surface area contributed by atoms with Gasteiger partial charge in [0.1, 0.15) is 5.82 Å². The number of aromatic nitrogens is 2. The molecule has 84 valence electrons. The third-order valence-corrected chi connectivity index (χ3v) is 4.20. The van der Waals surface area contributed by atoms with E-state index in [4.69, 9.17) is 11.6 Å². The molecular weight excluding hydrogens is 230 g/mol. The van der Waals surface area contributed by atoms with Gasteiger partial charge in [-0.15, -0.1) is 11.6 Å². The Hall–Kier alpha value is -0.350. The zero-order valence-electron chi connectivity index (χ0n) is 8.92. The van der Waals surface area contributed by atoms with Crippen LogP contribution in [0.3, 0.4) is 0 Å². The molecule has 1 aromatic rings. The van der Waals surface area contributed by atoms with Crippen molar-refractivity contribution in [3.05, 3.63) is 5.82 Å². The molecule has 15 heavy (non-hydrogen) atoms. The SMILES string of the molecule is Cc1nsc(NC2(CCl)CCCCC2)n1. The number of halogens is 1. The van der Waals surface area contributed by atoms with Crippen molar-refractivity contribution in [2.75, 3.05) is 11.2 Å². The monoisotopic (exact) mass is 245 g/mol. The van der Waals surface area contributed by atoms with Crippen LogP contribution in [0.5, 0.6) is 0 Å². The molecule has 1 aromatic heterocycles. The average Bonchev–Trinajstić information content (AvgIpc) is 2.65. The summed E-state index contributed by atoms with van der Waals surface area (Å²) in [5.41, 5.74) is 0.0613. The zero-order chi connectivity index (χ0) is 10.7. The first-order chi connectivity index (χ1) is 7.24. The van der Waals surface area contributed by atoms with Crippen molar-refractivity contribution in [1.29, 1.82) is 0 Å². The van der Waals surface area contributed by atoms with Crippen LogP contribution in [0, 0.1) is 6.92 Å². The zero-order valence-corrected chi connectivity index (χ0v) is 10.5. The van der Waals surface area contributed by atoms with Gasteiger partial charge in [-0.2, -0.15) is 4.37 Å². The Morgan fingerprint density at radius 2 is 2.13 bits per heavy atom. The summed E-state index contributed by atoms with van der Waals surface area (Å²) in [5, 5.41) is 4.39. The number of nitrogens with one attached hydrogen (secondary N) is 1. The van der Waals surface area contributed by atoms with Crippen molar-refractivity contribution in [2.45, 2.75) is 44.6 Å². The van der Waals surface area contributed by atoms with Crippen molar-refractivity contribution in [1.82, 2.24) is 9.36 Å². The van der Waals surface area contributed by atoms with Gasteiger partial charge in [0.25, 0.3) is 0 Å². The summed E-state index contributed by atoms with van der Waals surface area (Å²) in [6.45, 7) is 1.91. The summed E-state index contributed by atoms with van der Waals surface area (Å²) in [7, 11) is 0. The first-order valence-electron chi connectivity index (χ1n) is 5.39. The molecule has 0 saturated heterocycles. The summed E-state index contributed by atoms with van der Waals surface area (Å²) in [4.78, 5) is 4.34. The molecule has 0 amide bonds. The van der Waals surface area contributed by atoms with Crippen LogP contribution in [0.2, 0.25) is 0 Å². The molecule has 0 unspecified atom stereocenters. The fourth-order valence-electron chi connectivity index (χ4n) is 2.10. The molecule has 2 rings (SSSR count). The van der Waals surface area contributed by atoms with Crippen LogP contribution < -0.4 is 5.32 Å². The third-order valence-electron chi connectivity index (χ3n) is 2.97. The average molecular weight is 246 g/mol. The lowest BCUT2D eigenvalue weighted by atomic mass is 9.83. The van der Waals surface area contributed by atoms with E-state index in [9.17, 15) is 0 Å². The summed E-state index contributed by atoms with van der Waals surface area (Å²) in [5.74, 6) is 1.49. The number of nitrogens with zero attached hydrogens (tertiary/aromatic N) is 2. The van der Waals surface area contributed by atoms with E-state index < -0.39 is 0 Å². The summed E-state index contributed by atoms with van der Waals surface area (Å²) < 4.78 is 4.17. The van der Waals surface area contributed by atoms with Gasteiger partial charge in [0.2, 0.25) is 5.13 Å². The van der Waals surface area contributed by atoms with Gasteiger partial charge in [-0.05, 0) is 19.8 Å². The van der Waals surface area contributed by atoms with Gasteiger partial charge >= 0.3 is 0 Å². The van der Waals surface area contributed by atoms with E-state index in [-0.39, 0.29) is 5.54 Å². The Morgan fingerprint density at radius 1 is 1.40 bits per heavy atom. The molecule has 0 spiro atoms. The topological polar surface area (TPSA) is 37.8 Å². The predicted molar refractivity (Wildman–Crippen MR) is 64.8 cm³/mol. The molecule has 1 aliphatic rings. The minimum absolute atomic E-state index is 0.0613. The second kappa shape index (κ2) is 4.66. The van der Waals surface area contributed by atoms with E-state index in [1.165, 1.54) is 30.8 Å². The van der Waals surface area contributed by atoms with Gasteiger partial charge in [-0.3, -0.25) is 0 Å². The van der Waals surface area contributed by atoms with Gasteiger partial charge in [0.05, 0.1) is 5.54 Å². The lowest BCUT2D eigenvalue weighted by Gasteiger charge is -2.36. The second-order valence-electron chi connectivity index (χ2n) is 4.25. The quantitative estimate of drug-likeness (QED) is 0.831. The summed E-state index contributed by atoms with van der Waals surface area (Å²) in [6, 6.07) is 0. The van der Waals surface area contributed by atoms with E-state index in [1.807, 2.05) is 6.92 Å². The number of hydrogen-bond acceptors (Lipinski definition) is 4. The fraction of sp³-hybridized carbons (Fsp3) is 0.800. The molecule has 0 atom stereocenters. The molecular formula is C10H16ClN3S. The highest BCUT2D eigenvalue weighted by atomic mass is 35.5. The molecule has 1 heterocycles. The van der Waals surface area contributed by atoms with Crippen LogP contribution in [0.1, 0.15) is 37.9 Å². The van der Waals surface area contributed by atoms with E-state index in [0.29, 0.717) is 5.88 Å². The Balaban J connectivity index is 2.06. The Morgan fingerprint density at radius 3 is 2.67 bits per heavy atom. The van der Waals surface area contributed by atoms with Gasteiger partial charge in [0.15, 0.2) is 0 Å². The number of anilines is 1. The van der Waals surface area contributed by atoms with Crippen LogP contribution >= 0.6 is 23.1 Å². The number of rotatable bonds is 3. The highest BCUT2D eigenvalue weighted by Gasteiger charge is 2.31. The normalized spacial score (nSPS) is 20.1. The largest absolute Gasteiger partial charge is 0.354 e. The van der Waals surface area contributed by atoms with E-state index in [2.05, 4.69) is 14.7 Å². The highest BCUT2D eigenvalue weighted by molar-refractivity contribution is 7.09. The van der Waals surface area contributed by atoms with Crippen LogP contribution in [-0.2, 0) is 0 Å². The van der Waals surface area contributed by atoms with E-state index in [0.717, 1.165) is 23.8 Å². The standard InChI is InChI=1S/C10H16ClN3S/c1-8-12-9(15-14-8)13-10(7-11)5-3-2-4-6-10/h2-7H2,1H3,(H,12,13,14). The number of alkyl halides is 1. The maximum atomic E-state index is 6.09. The van der Waals surface area contributed by atoms with Crippen molar-refractivity contribution in [3.63, 3.8) is 0 Å². The third kappa shape index (κ3) is 2.61. The van der Waals surface area contributed by atoms with Crippen LogP contribution in [0.15, 0.2) is 0 Å². The molecule has 1 saturated carbocycles. The summed E-state index contributed by atoms with van der Waals surface area (Å²) >= 11 is 7.51. The lowest BCUT2D eigenvalue weighted by Crippen LogP contribution is -2.42. The molecule has 0 aromatic carbocycles. The number of aryl methyl sites for hydroxylation is 1. The first-order valence-corrected chi connectivity index (χ1v) is 6.69. The van der Waals surface area contributed by atoms with E-state index in [1.54, 1.807) is 0 Å². The second-order valence-corrected chi connectivity index (χ2v) is 5.27. The van der Waals surface area contributed by atoms with Gasteiger partial charge in [-0.1, -0.05) is 19.3 Å².